The summed E-state index contributed by atoms with van der Waals surface area (Å²) >= 11 is 0. The molecule has 31 heavy (non-hydrogen) atoms. The Balaban J connectivity index is 2.07. The summed E-state index contributed by atoms with van der Waals surface area (Å²) in [6.07, 6.45) is 1.65. The Kier molecular flexibility index (Phi) is 6.98. The van der Waals surface area contributed by atoms with Crippen molar-refractivity contribution in [1.29, 1.82) is 0 Å². The molecule has 0 atom stereocenters. The smallest absolute Gasteiger partial charge is 0.333 e. The molecule has 0 aliphatic heterocycles. The number of fused-ring (bicyclic) bond motifs is 1. The van der Waals surface area contributed by atoms with Crippen molar-refractivity contribution >= 4 is 23.0 Å². The van der Waals surface area contributed by atoms with Crippen LogP contribution in [0.15, 0.2) is 46.2 Å². The number of carbonyl (C=O) groups is 2. The molecule has 2 amide bonds. The van der Waals surface area contributed by atoms with Gasteiger partial charge in [0.2, 0.25) is 5.91 Å². The second-order valence-electron chi connectivity index (χ2n) is 6.80. The number of rotatable bonds is 8. The molecule has 2 N–H and O–H groups in total. The van der Waals surface area contributed by atoms with Gasteiger partial charge in [-0.15, -0.1) is 0 Å². The number of nitrogens with one attached hydrogen (secondary N) is 2. The zero-order chi connectivity index (χ0) is 22.4. The Bertz CT molecular complexity index is 1190. The molecule has 0 saturated heterocycles. The fourth-order valence-corrected chi connectivity index (χ4v) is 3.06. The van der Waals surface area contributed by atoms with E-state index < -0.39 is 29.6 Å². The van der Waals surface area contributed by atoms with Crippen LogP contribution in [0.2, 0.25) is 0 Å². The van der Waals surface area contributed by atoms with Crippen molar-refractivity contribution in [3.05, 3.63) is 63.1 Å². The molecule has 0 bridgehead atoms. The highest BCUT2D eigenvalue weighted by atomic mass is 16.5. The van der Waals surface area contributed by atoms with Gasteiger partial charge in [0, 0.05) is 20.1 Å². The van der Waals surface area contributed by atoms with E-state index in [0.717, 1.165) is 10.1 Å². The number of carbonyl (C=O) groups excluding carboxylic acids is 2. The van der Waals surface area contributed by atoms with Crippen molar-refractivity contribution in [2.24, 2.45) is 0 Å². The molecule has 2 aromatic heterocycles. The number of ether oxygens (including phenoxy) is 1. The number of amides is 2. The summed E-state index contributed by atoms with van der Waals surface area (Å²) in [7, 11) is 1.54. The first kappa shape index (κ1) is 22.0. The van der Waals surface area contributed by atoms with E-state index in [4.69, 9.17) is 4.74 Å². The molecule has 0 radical (unpaired) electrons. The Hall–Kier alpha value is -3.73. The van der Waals surface area contributed by atoms with E-state index in [2.05, 4.69) is 15.8 Å². The number of benzene rings is 1. The maximum Gasteiger partial charge on any atom is 0.333 e. The third kappa shape index (κ3) is 4.89. The van der Waals surface area contributed by atoms with Crippen LogP contribution in [0.1, 0.15) is 18.9 Å². The van der Waals surface area contributed by atoms with Crippen LogP contribution in [0.4, 0.5) is 0 Å². The molecule has 1 aromatic carbocycles. The number of imidazole rings is 1. The summed E-state index contributed by atoms with van der Waals surface area (Å²) in [4.78, 5) is 54.2. The quantitative estimate of drug-likeness (QED) is 0.470. The first-order valence-corrected chi connectivity index (χ1v) is 9.75. The van der Waals surface area contributed by atoms with Crippen molar-refractivity contribution < 1.29 is 14.3 Å². The molecular formula is C20H24N6O5. The van der Waals surface area contributed by atoms with Gasteiger partial charge in [0.25, 0.3) is 11.5 Å². The van der Waals surface area contributed by atoms with Gasteiger partial charge in [0.1, 0.15) is 6.54 Å². The second-order valence-corrected chi connectivity index (χ2v) is 6.80. The van der Waals surface area contributed by atoms with Gasteiger partial charge >= 0.3 is 5.69 Å². The van der Waals surface area contributed by atoms with Gasteiger partial charge < -0.3 is 9.30 Å². The van der Waals surface area contributed by atoms with Crippen molar-refractivity contribution in [3.63, 3.8) is 0 Å². The monoisotopic (exact) mass is 428 g/mol. The molecule has 0 fully saturated rings. The number of hydrazine groups is 1. The molecule has 164 valence electrons. The van der Waals surface area contributed by atoms with Crippen molar-refractivity contribution in [2.45, 2.75) is 33.0 Å². The second kappa shape index (κ2) is 9.85. The Labute approximate surface area is 177 Å². The van der Waals surface area contributed by atoms with Gasteiger partial charge in [-0.05, 0) is 5.56 Å². The van der Waals surface area contributed by atoms with Crippen molar-refractivity contribution in [3.8, 4) is 0 Å². The summed E-state index contributed by atoms with van der Waals surface area (Å²) < 4.78 is 8.87. The average molecular weight is 428 g/mol. The van der Waals surface area contributed by atoms with E-state index in [1.165, 1.54) is 18.0 Å². The van der Waals surface area contributed by atoms with Gasteiger partial charge in [-0.25, -0.2) is 14.3 Å². The Morgan fingerprint density at radius 1 is 1.06 bits per heavy atom. The molecular weight excluding hydrogens is 404 g/mol. The predicted octanol–water partition coefficient (Wildman–Crippen LogP) is -0.388. The summed E-state index contributed by atoms with van der Waals surface area (Å²) in [5.41, 5.74) is 4.37. The first-order valence-electron chi connectivity index (χ1n) is 9.75. The fourth-order valence-electron chi connectivity index (χ4n) is 3.06. The molecule has 0 aliphatic carbocycles. The van der Waals surface area contributed by atoms with Gasteiger partial charge in [0.15, 0.2) is 11.2 Å². The van der Waals surface area contributed by atoms with Crippen molar-refractivity contribution in [2.75, 3.05) is 13.7 Å². The van der Waals surface area contributed by atoms with E-state index in [1.807, 2.05) is 30.3 Å². The molecule has 2 heterocycles. The highest BCUT2D eigenvalue weighted by molar-refractivity contribution is 5.81. The third-order valence-corrected chi connectivity index (χ3v) is 4.67. The molecule has 3 aromatic rings. The number of hydrogen-bond acceptors (Lipinski definition) is 6. The van der Waals surface area contributed by atoms with E-state index in [1.54, 1.807) is 11.5 Å². The Morgan fingerprint density at radius 2 is 1.77 bits per heavy atom. The van der Waals surface area contributed by atoms with E-state index in [9.17, 15) is 19.2 Å². The number of nitrogens with zero attached hydrogens (tertiary/aromatic N) is 4. The topological polar surface area (TPSA) is 129 Å². The normalized spacial score (nSPS) is 10.9. The summed E-state index contributed by atoms with van der Waals surface area (Å²) in [6.45, 7) is 1.94. The lowest BCUT2D eigenvalue weighted by molar-refractivity contribution is -0.129. The van der Waals surface area contributed by atoms with Gasteiger partial charge in [-0.2, -0.15) is 0 Å². The molecule has 0 aliphatic rings. The SMILES string of the molecule is CCC(=O)NNC(=O)Cn1c(=O)c2c(ncn2CCOC)n(Cc2ccccc2)c1=O. The zero-order valence-electron chi connectivity index (χ0n) is 17.3. The molecule has 3 rings (SSSR count). The number of aromatic nitrogens is 4. The van der Waals surface area contributed by atoms with Crippen LogP contribution < -0.4 is 22.1 Å². The minimum atomic E-state index is -0.699. The first-order chi connectivity index (χ1) is 15.0. The van der Waals surface area contributed by atoms with E-state index in [-0.39, 0.29) is 24.1 Å². The maximum atomic E-state index is 13.1. The molecule has 0 spiro atoms. The molecule has 0 saturated carbocycles. The van der Waals surface area contributed by atoms with Crippen LogP contribution in [0, 0.1) is 0 Å². The highest BCUT2D eigenvalue weighted by Gasteiger charge is 2.20. The van der Waals surface area contributed by atoms with Crippen LogP contribution >= 0.6 is 0 Å². The predicted molar refractivity (Wildman–Crippen MR) is 112 cm³/mol. The lowest BCUT2D eigenvalue weighted by Crippen LogP contribution is -2.48. The molecule has 11 heteroatoms. The largest absolute Gasteiger partial charge is 0.383 e. The van der Waals surface area contributed by atoms with Crippen LogP contribution in [-0.4, -0.2) is 44.2 Å². The van der Waals surface area contributed by atoms with Crippen LogP contribution in [0.5, 0.6) is 0 Å². The molecule has 0 unspecified atom stereocenters. The van der Waals surface area contributed by atoms with Gasteiger partial charge in [-0.1, -0.05) is 37.3 Å². The van der Waals surface area contributed by atoms with Gasteiger partial charge in [0.05, 0.1) is 19.5 Å². The minimum absolute atomic E-state index is 0.173. The standard InChI is InChI=1S/C20H24N6O5/c1-3-15(27)22-23-16(28)12-26-19(29)17-18(21-13-24(17)9-10-31-2)25(20(26)30)11-14-7-5-4-6-8-14/h4-8,13H,3,9-12H2,1-2H3,(H,22,27)(H,23,28). The lowest BCUT2D eigenvalue weighted by atomic mass is 10.2. The van der Waals surface area contributed by atoms with E-state index >= 15 is 0 Å². The highest BCUT2D eigenvalue weighted by Crippen LogP contribution is 2.09. The lowest BCUT2D eigenvalue weighted by Gasteiger charge is -2.13. The molecule has 11 nitrogen and oxygen atoms in total. The van der Waals surface area contributed by atoms with E-state index in [0.29, 0.717) is 13.2 Å². The van der Waals surface area contributed by atoms with Gasteiger partial charge in [-0.3, -0.25) is 29.8 Å². The Morgan fingerprint density at radius 3 is 2.45 bits per heavy atom. The third-order valence-electron chi connectivity index (χ3n) is 4.67. The van der Waals surface area contributed by atoms with Crippen LogP contribution in [0.3, 0.4) is 0 Å². The summed E-state index contributed by atoms with van der Waals surface area (Å²) in [5.74, 6) is -1.09. The number of methoxy groups -OCH3 is 1. The minimum Gasteiger partial charge on any atom is -0.383 e. The van der Waals surface area contributed by atoms with Crippen LogP contribution in [-0.2, 0) is 34.0 Å². The summed E-state index contributed by atoms with van der Waals surface area (Å²) in [5, 5.41) is 0. The van der Waals surface area contributed by atoms with Crippen LogP contribution in [0.25, 0.3) is 11.2 Å². The van der Waals surface area contributed by atoms with Crippen molar-refractivity contribution in [1.82, 2.24) is 29.5 Å². The maximum absolute atomic E-state index is 13.1. The summed E-state index contributed by atoms with van der Waals surface area (Å²) in [6, 6.07) is 9.24. The number of hydrogen-bond donors (Lipinski definition) is 2. The average Bonchev–Trinajstić information content (AvgIpc) is 3.21. The zero-order valence-corrected chi connectivity index (χ0v) is 17.3. The fraction of sp³-hybridized carbons (Fsp3) is 0.350.